The maximum atomic E-state index is 5.17. The Morgan fingerprint density at radius 3 is 2.77 bits per heavy atom. The zero-order valence-corrected chi connectivity index (χ0v) is 16.1. The lowest BCUT2D eigenvalue weighted by Crippen LogP contribution is -2.18. The summed E-state index contributed by atoms with van der Waals surface area (Å²) in [6.45, 7) is 5.89. The number of fused-ring (bicyclic) bond motifs is 1. The summed E-state index contributed by atoms with van der Waals surface area (Å²) in [5, 5.41) is 0. The molecule has 138 valence electrons. The Kier molecular flexibility index (Phi) is 6.42. The van der Waals surface area contributed by atoms with Crippen LogP contribution in [-0.2, 0) is 17.8 Å². The minimum Gasteiger partial charge on any atom is -0.383 e. The van der Waals surface area contributed by atoms with Gasteiger partial charge in [-0.15, -0.1) is 0 Å². The molecule has 0 unspecified atom stereocenters. The van der Waals surface area contributed by atoms with Gasteiger partial charge in [-0.3, -0.25) is 0 Å². The molecule has 26 heavy (non-hydrogen) atoms. The van der Waals surface area contributed by atoms with Crippen LogP contribution in [0.2, 0.25) is 0 Å². The van der Waals surface area contributed by atoms with Crippen LogP contribution in [0.1, 0.15) is 25.3 Å². The molecule has 0 atom stereocenters. The summed E-state index contributed by atoms with van der Waals surface area (Å²) in [4.78, 5) is 6.95. The van der Waals surface area contributed by atoms with E-state index in [2.05, 4.69) is 70.9 Å². The van der Waals surface area contributed by atoms with Gasteiger partial charge >= 0.3 is 0 Å². The molecule has 0 spiro atoms. The molecule has 4 heteroatoms. The highest BCUT2D eigenvalue weighted by atomic mass is 16.5. The highest BCUT2D eigenvalue weighted by molar-refractivity contribution is 5.82. The number of benzene rings is 2. The van der Waals surface area contributed by atoms with Crippen molar-refractivity contribution >= 4 is 11.0 Å². The van der Waals surface area contributed by atoms with Crippen LogP contribution in [0.3, 0.4) is 0 Å². The molecule has 0 amide bonds. The molecular formula is C22H29N3O. The molecule has 0 radical (unpaired) electrons. The number of ether oxygens (including phenoxy) is 1. The van der Waals surface area contributed by atoms with Crippen LogP contribution in [0.4, 0.5) is 0 Å². The Hall–Kier alpha value is -2.17. The first kappa shape index (κ1) is 18.6. The van der Waals surface area contributed by atoms with Gasteiger partial charge in [0.05, 0.1) is 24.0 Å². The van der Waals surface area contributed by atoms with Crippen molar-refractivity contribution in [2.24, 2.45) is 0 Å². The van der Waals surface area contributed by atoms with Gasteiger partial charge in [0.1, 0.15) is 0 Å². The third-order valence-electron chi connectivity index (χ3n) is 4.76. The van der Waals surface area contributed by atoms with Gasteiger partial charge in [0.25, 0.3) is 0 Å². The van der Waals surface area contributed by atoms with Crippen LogP contribution in [0.15, 0.2) is 48.8 Å². The topological polar surface area (TPSA) is 30.3 Å². The van der Waals surface area contributed by atoms with Crippen molar-refractivity contribution in [2.45, 2.75) is 32.9 Å². The van der Waals surface area contributed by atoms with Gasteiger partial charge in [0, 0.05) is 20.2 Å². The van der Waals surface area contributed by atoms with Gasteiger partial charge in [-0.05, 0) is 54.9 Å². The minimum atomic E-state index is 0.695. The van der Waals surface area contributed by atoms with E-state index in [1.807, 2.05) is 6.33 Å². The lowest BCUT2D eigenvalue weighted by molar-refractivity contribution is 0.188. The Morgan fingerprint density at radius 1 is 1.12 bits per heavy atom. The number of imidazole rings is 1. The molecule has 0 fully saturated rings. The molecule has 0 aliphatic carbocycles. The third kappa shape index (κ3) is 4.51. The predicted molar refractivity (Wildman–Crippen MR) is 108 cm³/mol. The van der Waals surface area contributed by atoms with Crippen molar-refractivity contribution < 1.29 is 4.74 Å². The van der Waals surface area contributed by atoms with Crippen molar-refractivity contribution in [3.63, 3.8) is 0 Å². The second kappa shape index (κ2) is 8.97. The number of unbranched alkanes of at least 4 members (excludes halogenated alkanes) is 1. The highest BCUT2D eigenvalue weighted by Gasteiger charge is 2.07. The average molecular weight is 351 g/mol. The zero-order valence-electron chi connectivity index (χ0n) is 16.1. The summed E-state index contributed by atoms with van der Waals surface area (Å²) in [5.74, 6) is 0. The smallest absolute Gasteiger partial charge is 0.0959 e. The molecule has 0 saturated heterocycles. The van der Waals surface area contributed by atoms with E-state index < -0.39 is 0 Å². The fraction of sp³-hybridized carbons (Fsp3) is 0.409. The van der Waals surface area contributed by atoms with Gasteiger partial charge in [-0.2, -0.15) is 0 Å². The van der Waals surface area contributed by atoms with Crippen LogP contribution >= 0.6 is 0 Å². The Bertz CT molecular complexity index is 840. The van der Waals surface area contributed by atoms with E-state index >= 15 is 0 Å². The number of aromatic nitrogens is 2. The van der Waals surface area contributed by atoms with E-state index in [1.54, 1.807) is 7.11 Å². The van der Waals surface area contributed by atoms with Crippen molar-refractivity contribution in [3.8, 4) is 11.1 Å². The van der Waals surface area contributed by atoms with Gasteiger partial charge in [-0.1, -0.05) is 37.6 Å². The largest absolute Gasteiger partial charge is 0.383 e. The number of hydrogen-bond acceptors (Lipinski definition) is 3. The number of hydrogen-bond donors (Lipinski definition) is 0. The monoisotopic (exact) mass is 351 g/mol. The van der Waals surface area contributed by atoms with E-state index in [0.29, 0.717) is 6.61 Å². The van der Waals surface area contributed by atoms with E-state index in [-0.39, 0.29) is 0 Å². The summed E-state index contributed by atoms with van der Waals surface area (Å²) in [5.41, 5.74) is 6.00. The van der Waals surface area contributed by atoms with Crippen molar-refractivity contribution in [2.75, 3.05) is 27.3 Å². The molecule has 1 aromatic heterocycles. The molecule has 1 heterocycles. The van der Waals surface area contributed by atoms with E-state index in [9.17, 15) is 0 Å². The fourth-order valence-electron chi connectivity index (χ4n) is 3.28. The lowest BCUT2D eigenvalue weighted by atomic mass is 10.0. The third-order valence-corrected chi connectivity index (χ3v) is 4.76. The predicted octanol–water partition coefficient (Wildman–Crippen LogP) is 4.58. The van der Waals surface area contributed by atoms with E-state index in [1.165, 1.54) is 29.5 Å². The van der Waals surface area contributed by atoms with Crippen LogP contribution in [-0.4, -0.2) is 41.8 Å². The molecular weight excluding hydrogens is 322 g/mol. The van der Waals surface area contributed by atoms with Gasteiger partial charge in [0.15, 0.2) is 0 Å². The molecule has 0 saturated carbocycles. The van der Waals surface area contributed by atoms with Crippen LogP contribution < -0.4 is 0 Å². The lowest BCUT2D eigenvalue weighted by Gasteiger charge is -2.16. The molecule has 0 aliphatic heterocycles. The summed E-state index contributed by atoms with van der Waals surface area (Å²) in [6, 6.07) is 15.4. The van der Waals surface area contributed by atoms with Crippen molar-refractivity contribution in [1.82, 2.24) is 14.5 Å². The van der Waals surface area contributed by atoms with Gasteiger partial charge < -0.3 is 14.2 Å². The van der Waals surface area contributed by atoms with Crippen LogP contribution in [0.5, 0.6) is 0 Å². The zero-order chi connectivity index (χ0) is 18.4. The first-order valence-corrected chi connectivity index (χ1v) is 9.43. The molecule has 0 N–H and O–H groups in total. The molecule has 0 aliphatic rings. The minimum absolute atomic E-state index is 0.695. The average Bonchev–Trinajstić information content (AvgIpc) is 3.07. The number of rotatable bonds is 9. The van der Waals surface area contributed by atoms with Crippen LogP contribution in [0, 0.1) is 0 Å². The second-order valence-electron chi connectivity index (χ2n) is 6.93. The molecule has 4 nitrogen and oxygen atoms in total. The standard InChI is InChI=1S/C22H29N3O/c1-4-5-11-24(2)16-18-7-6-8-19(14-18)20-9-10-22-21(15-20)23-17-25(22)12-13-26-3/h6-10,14-15,17H,4-5,11-13,16H2,1-3H3. The van der Waals surface area contributed by atoms with Crippen molar-refractivity contribution in [1.29, 1.82) is 0 Å². The number of nitrogens with zero attached hydrogens (tertiary/aromatic N) is 3. The van der Waals surface area contributed by atoms with Crippen molar-refractivity contribution in [3.05, 3.63) is 54.4 Å². The fourth-order valence-corrected chi connectivity index (χ4v) is 3.28. The number of methoxy groups -OCH3 is 1. The van der Waals surface area contributed by atoms with E-state index in [0.717, 1.165) is 30.7 Å². The summed E-state index contributed by atoms with van der Waals surface area (Å²) in [7, 11) is 3.92. The Morgan fingerprint density at radius 2 is 1.96 bits per heavy atom. The molecule has 0 bridgehead atoms. The summed E-state index contributed by atoms with van der Waals surface area (Å²) >= 11 is 0. The first-order chi connectivity index (χ1) is 12.7. The first-order valence-electron chi connectivity index (χ1n) is 9.43. The SMILES string of the molecule is CCCCN(C)Cc1cccc(-c2ccc3c(c2)ncn3CCOC)c1. The second-order valence-corrected chi connectivity index (χ2v) is 6.93. The highest BCUT2D eigenvalue weighted by Crippen LogP contribution is 2.25. The molecule has 2 aromatic carbocycles. The van der Waals surface area contributed by atoms with E-state index in [4.69, 9.17) is 4.74 Å². The molecule has 3 rings (SSSR count). The maximum Gasteiger partial charge on any atom is 0.0959 e. The van der Waals surface area contributed by atoms with Crippen LogP contribution in [0.25, 0.3) is 22.2 Å². The van der Waals surface area contributed by atoms with Gasteiger partial charge in [-0.25, -0.2) is 4.98 Å². The quantitative estimate of drug-likeness (QED) is 0.565. The summed E-state index contributed by atoms with van der Waals surface area (Å²) in [6.07, 6.45) is 4.38. The van der Waals surface area contributed by atoms with Gasteiger partial charge in [0.2, 0.25) is 0 Å². The Labute approximate surface area is 156 Å². The summed E-state index contributed by atoms with van der Waals surface area (Å²) < 4.78 is 7.31. The molecule has 3 aromatic rings. The maximum absolute atomic E-state index is 5.17. The normalized spacial score (nSPS) is 11.5. The Balaban J connectivity index is 1.79.